The maximum Gasteiger partial charge on any atom is 0.328 e. The van der Waals surface area contributed by atoms with Gasteiger partial charge in [-0.1, -0.05) is 0 Å². The Morgan fingerprint density at radius 3 is 3.00 bits per heavy atom. The van der Waals surface area contributed by atoms with Crippen molar-refractivity contribution in [2.24, 2.45) is 0 Å². The van der Waals surface area contributed by atoms with E-state index in [0.717, 1.165) is 11.0 Å². The minimum absolute atomic E-state index is 0.560. The van der Waals surface area contributed by atoms with Crippen LogP contribution in [-0.4, -0.2) is 11.1 Å². The van der Waals surface area contributed by atoms with Crippen LogP contribution in [0, 0.1) is 11.3 Å². The molecule has 0 spiro atoms. The van der Waals surface area contributed by atoms with Gasteiger partial charge in [0.2, 0.25) is 0 Å². The van der Waals surface area contributed by atoms with Gasteiger partial charge in [-0.2, -0.15) is 5.26 Å². The molecule has 0 saturated heterocycles. The fraction of sp³-hybridized carbons (Fsp3) is 0. The lowest BCUT2D eigenvalue weighted by molar-refractivity contribution is -0.131. The quantitative estimate of drug-likeness (QED) is 0.703. The molecule has 0 fully saturated rings. The van der Waals surface area contributed by atoms with Crippen LogP contribution < -0.4 is 0 Å². The number of hydrogen-bond acceptors (Lipinski definition) is 3. The van der Waals surface area contributed by atoms with Gasteiger partial charge < -0.3 is 5.11 Å². The Morgan fingerprint density at radius 1 is 1.75 bits per heavy atom. The van der Waals surface area contributed by atoms with E-state index >= 15 is 0 Å². The molecular weight excluding hydrogens is 174 g/mol. The van der Waals surface area contributed by atoms with Crippen molar-refractivity contribution in [3.63, 3.8) is 0 Å². The van der Waals surface area contributed by atoms with Crippen LogP contribution in [0.5, 0.6) is 0 Å². The highest BCUT2D eigenvalue weighted by Crippen LogP contribution is 2.14. The molecule has 1 aromatic heterocycles. The largest absolute Gasteiger partial charge is 0.478 e. The first-order valence-corrected chi connectivity index (χ1v) is 4.00. The lowest BCUT2D eigenvalue weighted by atomic mass is 10.3. The third-order valence-corrected chi connectivity index (χ3v) is 2.04. The molecule has 3 nitrogen and oxygen atoms in total. The van der Waals surface area contributed by atoms with Crippen molar-refractivity contribution in [2.45, 2.75) is 0 Å². The van der Waals surface area contributed by atoms with E-state index in [-0.39, 0.29) is 0 Å². The van der Waals surface area contributed by atoms with Gasteiger partial charge in [-0.25, -0.2) is 4.79 Å². The highest BCUT2D eigenvalue weighted by atomic mass is 32.1. The van der Waals surface area contributed by atoms with Gasteiger partial charge in [0, 0.05) is 16.3 Å². The number of carboxylic acids is 1. The zero-order valence-electron chi connectivity index (χ0n) is 6.02. The van der Waals surface area contributed by atoms with Gasteiger partial charge in [-0.15, -0.1) is 11.3 Å². The smallest absolute Gasteiger partial charge is 0.328 e. The van der Waals surface area contributed by atoms with Crippen molar-refractivity contribution in [2.75, 3.05) is 0 Å². The number of hydrogen-bond donors (Lipinski definition) is 1. The van der Waals surface area contributed by atoms with Crippen molar-refractivity contribution in [1.82, 2.24) is 0 Å². The number of nitriles is 1. The Kier molecular flexibility index (Phi) is 2.62. The van der Waals surface area contributed by atoms with Crippen molar-refractivity contribution in [3.05, 3.63) is 28.0 Å². The predicted octanol–water partition coefficient (Wildman–Crippen LogP) is 1.72. The number of nitrogens with zero attached hydrogens (tertiary/aromatic N) is 1. The Bertz CT molecular complexity index is 359. The zero-order valence-corrected chi connectivity index (χ0v) is 6.84. The first-order chi connectivity index (χ1) is 5.72. The summed E-state index contributed by atoms with van der Waals surface area (Å²) in [6.07, 6.45) is 2.51. The van der Waals surface area contributed by atoms with E-state index in [1.165, 1.54) is 17.4 Å². The van der Waals surface area contributed by atoms with Crippen LogP contribution in [0.25, 0.3) is 6.08 Å². The second-order valence-corrected chi connectivity index (χ2v) is 2.96. The van der Waals surface area contributed by atoms with E-state index < -0.39 is 5.97 Å². The molecule has 4 heteroatoms. The average molecular weight is 179 g/mol. The molecule has 0 amide bonds. The normalized spacial score (nSPS) is 9.92. The van der Waals surface area contributed by atoms with E-state index in [1.807, 2.05) is 6.07 Å². The molecule has 0 radical (unpaired) electrons. The van der Waals surface area contributed by atoms with Gasteiger partial charge in [0.1, 0.15) is 6.07 Å². The number of aliphatic carboxylic acids is 1. The first-order valence-electron chi connectivity index (χ1n) is 3.12. The molecule has 0 aromatic carbocycles. The zero-order chi connectivity index (χ0) is 8.97. The second kappa shape index (κ2) is 3.69. The summed E-state index contributed by atoms with van der Waals surface area (Å²) in [5, 5.41) is 18.4. The van der Waals surface area contributed by atoms with Gasteiger partial charge in [0.15, 0.2) is 0 Å². The molecule has 0 aliphatic rings. The summed E-state index contributed by atoms with van der Waals surface area (Å²) in [5.41, 5.74) is 0.560. The highest BCUT2D eigenvalue weighted by Gasteiger charge is 1.95. The average Bonchev–Trinajstić information content (AvgIpc) is 2.48. The Balaban J connectivity index is 2.78. The minimum atomic E-state index is -0.984. The summed E-state index contributed by atoms with van der Waals surface area (Å²) in [4.78, 5) is 10.9. The van der Waals surface area contributed by atoms with E-state index in [9.17, 15) is 4.79 Å². The van der Waals surface area contributed by atoms with Crippen LogP contribution >= 0.6 is 11.3 Å². The molecule has 1 aromatic rings. The van der Waals surface area contributed by atoms with Crippen molar-refractivity contribution >= 4 is 23.4 Å². The van der Waals surface area contributed by atoms with Gasteiger partial charge in [0.05, 0.1) is 5.56 Å². The van der Waals surface area contributed by atoms with E-state index in [1.54, 1.807) is 11.4 Å². The number of carbonyl (C=O) groups is 1. The lowest BCUT2D eigenvalue weighted by Gasteiger charge is -1.79. The minimum Gasteiger partial charge on any atom is -0.478 e. The van der Waals surface area contributed by atoms with Crippen molar-refractivity contribution in [1.29, 1.82) is 5.26 Å². The molecule has 1 rings (SSSR count). The van der Waals surface area contributed by atoms with Crippen LogP contribution in [0.3, 0.4) is 0 Å². The van der Waals surface area contributed by atoms with Gasteiger partial charge in [-0.3, -0.25) is 0 Å². The van der Waals surface area contributed by atoms with Crippen LogP contribution in [0.4, 0.5) is 0 Å². The molecule has 0 unspecified atom stereocenters. The maximum atomic E-state index is 10.1. The fourth-order valence-corrected chi connectivity index (χ4v) is 1.38. The summed E-state index contributed by atoms with van der Waals surface area (Å²) < 4.78 is 0. The van der Waals surface area contributed by atoms with Crippen LogP contribution in [-0.2, 0) is 4.79 Å². The third kappa shape index (κ3) is 2.22. The van der Waals surface area contributed by atoms with Gasteiger partial charge in [-0.05, 0) is 12.1 Å². The first kappa shape index (κ1) is 8.50. The Morgan fingerprint density at radius 2 is 2.50 bits per heavy atom. The highest BCUT2D eigenvalue weighted by molar-refractivity contribution is 7.11. The van der Waals surface area contributed by atoms with Crippen LogP contribution in [0.1, 0.15) is 10.4 Å². The monoisotopic (exact) mass is 179 g/mol. The van der Waals surface area contributed by atoms with Gasteiger partial charge in [0.25, 0.3) is 0 Å². The molecule has 1 heterocycles. The molecule has 1 N–H and O–H groups in total. The summed E-state index contributed by atoms with van der Waals surface area (Å²) in [7, 11) is 0. The van der Waals surface area contributed by atoms with Crippen molar-refractivity contribution in [3.8, 4) is 6.07 Å². The van der Waals surface area contributed by atoms with Crippen LogP contribution in [0.2, 0.25) is 0 Å². The number of thiophene rings is 1. The topological polar surface area (TPSA) is 61.1 Å². The Labute approximate surface area is 73.2 Å². The summed E-state index contributed by atoms with van der Waals surface area (Å²) in [5.74, 6) is -0.984. The molecule has 0 aliphatic carbocycles. The Hall–Kier alpha value is -1.60. The van der Waals surface area contributed by atoms with Crippen molar-refractivity contribution < 1.29 is 9.90 Å². The molecule has 60 valence electrons. The predicted molar refractivity (Wildman–Crippen MR) is 45.7 cm³/mol. The van der Waals surface area contributed by atoms with E-state index in [2.05, 4.69) is 0 Å². The van der Waals surface area contributed by atoms with Crippen LogP contribution in [0.15, 0.2) is 17.5 Å². The van der Waals surface area contributed by atoms with E-state index in [4.69, 9.17) is 10.4 Å². The molecule has 0 bridgehead atoms. The third-order valence-electron chi connectivity index (χ3n) is 1.14. The molecule has 0 aliphatic heterocycles. The summed E-state index contributed by atoms with van der Waals surface area (Å²) in [6.45, 7) is 0. The molecule has 0 atom stereocenters. The standard InChI is InChI=1S/C8H5NO2S/c9-4-6-3-7(12-5-6)1-2-8(10)11/h1-3,5H,(H,10,11)/b2-1+. The summed E-state index contributed by atoms with van der Waals surface area (Å²) >= 11 is 1.34. The number of rotatable bonds is 2. The van der Waals surface area contributed by atoms with Gasteiger partial charge >= 0.3 is 5.97 Å². The molecule has 12 heavy (non-hydrogen) atoms. The maximum absolute atomic E-state index is 10.1. The summed E-state index contributed by atoms with van der Waals surface area (Å²) in [6, 6.07) is 3.61. The molecule has 0 saturated carbocycles. The van der Waals surface area contributed by atoms with E-state index in [0.29, 0.717) is 5.56 Å². The SMILES string of the molecule is N#Cc1csc(/C=C/C(=O)O)c1. The lowest BCUT2D eigenvalue weighted by Crippen LogP contribution is -1.84. The second-order valence-electron chi connectivity index (χ2n) is 2.02. The molecular formula is C8H5NO2S. The number of carboxylic acid groups (broad SMARTS) is 1. The fourth-order valence-electron chi connectivity index (χ4n) is 0.652.